The standard InChI is InChI=1S/C16H29NO3/c1-16(2,3)13-4-6-14(7-5-13)20-17-10-8-12(9-11-17)15(18)19/h12-14H,4-11H2,1-3H3,(H,18,19). The Morgan fingerprint density at radius 3 is 2.05 bits per heavy atom. The number of carboxylic acids is 1. The monoisotopic (exact) mass is 283 g/mol. The van der Waals surface area contributed by atoms with Crippen LogP contribution in [-0.4, -0.2) is 35.3 Å². The lowest BCUT2D eigenvalue weighted by atomic mass is 9.72. The van der Waals surface area contributed by atoms with Gasteiger partial charge >= 0.3 is 5.97 Å². The summed E-state index contributed by atoms with van der Waals surface area (Å²) in [5.74, 6) is -0.0260. The van der Waals surface area contributed by atoms with Crippen molar-refractivity contribution in [2.24, 2.45) is 17.3 Å². The molecule has 1 saturated heterocycles. The minimum Gasteiger partial charge on any atom is -0.481 e. The van der Waals surface area contributed by atoms with Crippen molar-refractivity contribution in [1.82, 2.24) is 5.06 Å². The zero-order valence-corrected chi connectivity index (χ0v) is 13.1. The van der Waals surface area contributed by atoms with E-state index in [4.69, 9.17) is 9.94 Å². The van der Waals surface area contributed by atoms with E-state index in [0.717, 1.165) is 31.8 Å². The van der Waals surface area contributed by atoms with Gasteiger partial charge in [-0.05, 0) is 49.9 Å². The lowest BCUT2D eigenvalue weighted by molar-refractivity contribution is -0.220. The van der Waals surface area contributed by atoms with E-state index in [9.17, 15) is 4.79 Å². The van der Waals surface area contributed by atoms with Crippen LogP contribution in [0.4, 0.5) is 0 Å². The molecule has 4 heteroatoms. The van der Waals surface area contributed by atoms with Gasteiger partial charge in [0.25, 0.3) is 0 Å². The molecule has 1 aliphatic heterocycles. The molecule has 1 saturated carbocycles. The molecule has 0 amide bonds. The third-order valence-corrected chi connectivity index (χ3v) is 5.00. The maximum Gasteiger partial charge on any atom is 0.306 e. The number of carbonyl (C=O) groups is 1. The normalized spacial score (nSPS) is 30.4. The van der Waals surface area contributed by atoms with Crippen LogP contribution < -0.4 is 0 Å². The topological polar surface area (TPSA) is 49.8 Å². The average Bonchev–Trinajstić information content (AvgIpc) is 2.39. The molecular formula is C16H29NO3. The van der Waals surface area contributed by atoms with Crippen LogP contribution in [0.3, 0.4) is 0 Å². The summed E-state index contributed by atoms with van der Waals surface area (Å²) >= 11 is 0. The zero-order chi connectivity index (χ0) is 14.8. The van der Waals surface area contributed by atoms with E-state index < -0.39 is 5.97 Å². The van der Waals surface area contributed by atoms with Crippen molar-refractivity contribution in [3.63, 3.8) is 0 Å². The largest absolute Gasteiger partial charge is 0.481 e. The van der Waals surface area contributed by atoms with Gasteiger partial charge in [0.2, 0.25) is 0 Å². The molecular weight excluding hydrogens is 254 g/mol. The Labute approximate surface area is 122 Å². The number of hydrogen-bond donors (Lipinski definition) is 1. The molecule has 20 heavy (non-hydrogen) atoms. The van der Waals surface area contributed by atoms with Crippen LogP contribution in [0, 0.1) is 17.3 Å². The fraction of sp³-hybridized carbons (Fsp3) is 0.938. The summed E-state index contributed by atoms with van der Waals surface area (Å²) in [5, 5.41) is 11.0. The third-order valence-electron chi connectivity index (χ3n) is 5.00. The van der Waals surface area contributed by atoms with Crippen molar-refractivity contribution in [1.29, 1.82) is 0 Å². The van der Waals surface area contributed by atoms with Crippen molar-refractivity contribution in [3.05, 3.63) is 0 Å². The maximum atomic E-state index is 10.9. The maximum absolute atomic E-state index is 10.9. The number of hydroxylamine groups is 2. The van der Waals surface area contributed by atoms with Gasteiger partial charge in [0, 0.05) is 13.1 Å². The highest BCUT2D eigenvalue weighted by Gasteiger charge is 2.32. The molecule has 2 aliphatic rings. The lowest BCUT2D eigenvalue weighted by Crippen LogP contribution is -2.40. The molecule has 2 rings (SSSR count). The van der Waals surface area contributed by atoms with E-state index in [-0.39, 0.29) is 5.92 Å². The molecule has 1 N–H and O–H groups in total. The second-order valence-corrected chi connectivity index (χ2v) is 7.49. The SMILES string of the molecule is CC(C)(C)C1CCC(ON2CCC(C(=O)O)CC2)CC1. The second-order valence-electron chi connectivity index (χ2n) is 7.49. The number of carboxylic acid groups (broad SMARTS) is 1. The van der Waals surface area contributed by atoms with Gasteiger partial charge in [-0.3, -0.25) is 9.63 Å². The average molecular weight is 283 g/mol. The quantitative estimate of drug-likeness (QED) is 0.863. The van der Waals surface area contributed by atoms with E-state index in [2.05, 4.69) is 20.8 Å². The molecule has 116 valence electrons. The Bertz CT molecular complexity index is 321. The molecule has 0 aromatic rings. The molecule has 0 unspecified atom stereocenters. The first-order chi connectivity index (χ1) is 9.36. The number of rotatable bonds is 3. The third kappa shape index (κ3) is 4.19. The van der Waals surface area contributed by atoms with Gasteiger partial charge < -0.3 is 5.11 Å². The zero-order valence-electron chi connectivity index (χ0n) is 13.1. The summed E-state index contributed by atoms with van der Waals surface area (Å²) in [6.45, 7) is 8.51. The Kier molecular flexibility index (Phi) is 5.08. The van der Waals surface area contributed by atoms with Crippen LogP contribution in [0.2, 0.25) is 0 Å². The van der Waals surface area contributed by atoms with Crippen molar-refractivity contribution >= 4 is 5.97 Å². The summed E-state index contributed by atoms with van der Waals surface area (Å²) in [6.07, 6.45) is 6.55. The minimum absolute atomic E-state index is 0.175. The summed E-state index contributed by atoms with van der Waals surface area (Å²) in [4.78, 5) is 17.0. The molecule has 4 nitrogen and oxygen atoms in total. The van der Waals surface area contributed by atoms with Crippen molar-refractivity contribution in [2.75, 3.05) is 13.1 Å². The number of hydrogen-bond acceptors (Lipinski definition) is 3. The first kappa shape index (κ1) is 15.8. The fourth-order valence-corrected chi connectivity index (χ4v) is 3.45. The van der Waals surface area contributed by atoms with E-state index in [1.807, 2.05) is 5.06 Å². The molecule has 0 bridgehead atoms. The molecule has 0 aromatic heterocycles. The van der Waals surface area contributed by atoms with Crippen LogP contribution in [0.5, 0.6) is 0 Å². The van der Waals surface area contributed by atoms with Crippen molar-refractivity contribution in [2.45, 2.75) is 65.4 Å². The van der Waals surface area contributed by atoms with Crippen LogP contribution in [0.25, 0.3) is 0 Å². The highest BCUT2D eigenvalue weighted by molar-refractivity contribution is 5.70. The fourth-order valence-electron chi connectivity index (χ4n) is 3.45. The Morgan fingerprint density at radius 2 is 1.60 bits per heavy atom. The molecule has 0 radical (unpaired) electrons. The van der Waals surface area contributed by atoms with Gasteiger partial charge in [-0.15, -0.1) is 0 Å². The highest BCUT2D eigenvalue weighted by Crippen LogP contribution is 2.38. The summed E-state index contributed by atoms with van der Waals surface area (Å²) < 4.78 is 0. The van der Waals surface area contributed by atoms with Gasteiger partial charge in [-0.2, -0.15) is 5.06 Å². The second kappa shape index (κ2) is 6.44. The summed E-state index contributed by atoms with van der Waals surface area (Å²) in [6, 6.07) is 0. The smallest absolute Gasteiger partial charge is 0.306 e. The highest BCUT2D eigenvalue weighted by atomic mass is 16.7. The summed E-state index contributed by atoms with van der Waals surface area (Å²) in [7, 11) is 0. The van der Waals surface area contributed by atoms with E-state index in [1.165, 1.54) is 12.8 Å². The van der Waals surface area contributed by atoms with Crippen LogP contribution in [0.15, 0.2) is 0 Å². The van der Waals surface area contributed by atoms with Gasteiger partial charge in [0.05, 0.1) is 12.0 Å². The van der Waals surface area contributed by atoms with Crippen molar-refractivity contribution in [3.8, 4) is 0 Å². The van der Waals surface area contributed by atoms with Gasteiger partial charge in [-0.25, -0.2) is 0 Å². The van der Waals surface area contributed by atoms with Crippen LogP contribution >= 0.6 is 0 Å². The van der Waals surface area contributed by atoms with Gasteiger partial charge in [0.15, 0.2) is 0 Å². The van der Waals surface area contributed by atoms with Gasteiger partial charge in [0.1, 0.15) is 0 Å². The van der Waals surface area contributed by atoms with Crippen LogP contribution in [0.1, 0.15) is 59.3 Å². The lowest BCUT2D eigenvalue weighted by Gasteiger charge is -2.39. The molecule has 0 aromatic carbocycles. The molecule has 0 atom stereocenters. The number of aliphatic carboxylic acids is 1. The van der Waals surface area contributed by atoms with Crippen molar-refractivity contribution < 1.29 is 14.7 Å². The molecule has 2 fully saturated rings. The van der Waals surface area contributed by atoms with Gasteiger partial charge in [-0.1, -0.05) is 20.8 Å². The molecule has 1 heterocycles. The first-order valence-electron chi connectivity index (χ1n) is 8.01. The van der Waals surface area contributed by atoms with E-state index in [0.29, 0.717) is 24.4 Å². The predicted octanol–water partition coefficient (Wildman–Crippen LogP) is 3.32. The van der Waals surface area contributed by atoms with Crippen LogP contribution in [-0.2, 0) is 9.63 Å². The molecule has 1 aliphatic carbocycles. The van der Waals surface area contributed by atoms with E-state index >= 15 is 0 Å². The number of nitrogens with zero attached hydrogens (tertiary/aromatic N) is 1. The first-order valence-corrected chi connectivity index (χ1v) is 8.01. The Balaban J connectivity index is 1.70. The summed E-state index contributed by atoms with van der Waals surface area (Å²) in [5.41, 5.74) is 0.408. The Hall–Kier alpha value is -0.610. The minimum atomic E-state index is -0.657. The molecule has 0 spiro atoms. The number of piperidine rings is 1. The van der Waals surface area contributed by atoms with E-state index in [1.54, 1.807) is 0 Å². The predicted molar refractivity (Wildman–Crippen MR) is 78.2 cm³/mol. The Morgan fingerprint density at radius 1 is 1.05 bits per heavy atom.